The van der Waals surface area contributed by atoms with Crippen LogP contribution in [0.25, 0.3) is 0 Å². The van der Waals surface area contributed by atoms with Crippen molar-refractivity contribution in [2.24, 2.45) is 0 Å². The van der Waals surface area contributed by atoms with E-state index in [9.17, 15) is 0 Å². The quantitative estimate of drug-likeness (QED) is 0.0345. The van der Waals surface area contributed by atoms with E-state index in [1.54, 1.807) is 17.7 Å². The van der Waals surface area contributed by atoms with Crippen molar-refractivity contribution < 1.29 is 17.1 Å². The van der Waals surface area contributed by atoms with Gasteiger partial charge in [0.05, 0.1) is 0 Å². The summed E-state index contributed by atoms with van der Waals surface area (Å²) in [6, 6.07) is 46.4. The number of hydrogen-bond acceptors (Lipinski definition) is 2. The Labute approximate surface area is 584 Å². The van der Waals surface area contributed by atoms with Crippen LogP contribution in [0.4, 0.5) is 0 Å². The maximum Gasteiger partial charge on any atom is -0.0623 e. The summed E-state index contributed by atoms with van der Waals surface area (Å²) < 4.78 is 23.9. The minimum Gasteiger partial charge on any atom is -0.412 e. The Morgan fingerprint density at radius 3 is 0.651 bits per heavy atom. The second-order valence-electron chi connectivity index (χ2n) is 18.6. The molecule has 0 heterocycles. The molecule has 4 aromatic rings. The number of hydrogen-bond donors (Lipinski definition) is 0. The van der Waals surface area contributed by atoms with Crippen LogP contribution in [0, 0.1) is 0 Å². The molecular formula is C78H164O4Sn4. The zero-order valence-electron chi connectivity index (χ0n) is 55.2. The fourth-order valence-corrected chi connectivity index (χ4v) is 27.9. The van der Waals surface area contributed by atoms with Crippen molar-refractivity contribution in [1.82, 2.24) is 0 Å². The molecule has 0 amide bonds. The topological polar surface area (TPSA) is 81.5 Å². The van der Waals surface area contributed by atoms with Crippen molar-refractivity contribution in [3.63, 3.8) is 0 Å². The van der Waals surface area contributed by atoms with Crippen molar-refractivity contribution in [3.05, 3.63) is 140 Å². The van der Waals surface area contributed by atoms with Gasteiger partial charge in [0.15, 0.2) is 0 Å². The minimum absolute atomic E-state index is 0. The zero-order chi connectivity index (χ0) is 58.5. The van der Waals surface area contributed by atoms with E-state index in [-0.39, 0.29) is 105 Å². The minimum atomic E-state index is -1.58. The molecule has 516 valence electrons. The summed E-state index contributed by atoms with van der Waals surface area (Å²) in [5, 5.41) is 0. The average molecular weight is 1640 g/mol. The molecule has 6 radical (unpaired) electrons. The summed E-state index contributed by atoms with van der Waals surface area (Å²) in [5.74, 6) is 1.10. The van der Waals surface area contributed by atoms with Crippen LogP contribution in [0.2, 0.25) is 35.5 Å². The SMILES string of the molecule is C.C.C.C.C.C.C.CC.CC.CCCCCCCCCC.CCC[CH2][Sn]([CH2]CCC)[O]C.CCC[CH2][Sn]([CH2]CCC)[O]c1ccccc1.CCC[CH2][Sn][CH2]CCC.CCC[CH2][Sn][CH2]CCC.O.O.c1ccccc1.c1ccccc1.c1ccccc1. The number of benzene rings is 4. The monoisotopic (exact) mass is 1640 g/mol. The number of para-hydroxylation sites is 1. The molecule has 0 atom stereocenters. The summed E-state index contributed by atoms with van der Waals surface area (Å²) in [4.78, 5) is 0. The first kappa shape index (κ1) is 123. The van der Waals surface area contributed by atoms with E-state index in [1.165, 1.54) is 172 Å². The van der Waals surface area contributed by atoms with Crippen LogP contribution in [-0.4, -0.2) is 101 Å². The van der Waals surface area contributed by atoms with Gasteiger partial charge in [-0.3, -0.25) is 0 Å². The third-order valence-corrected chi connectivity index (χ3v) is 32.9. The van der Waals surface area contributed by atoms with Crippen LogP contribution in [0.3, 0.4) is 0 Å². The fraction of sp³-hybridized carbons (Fsp3) is 0.692. The first-order chi connectivity index (χ1) is 38.0. The molecule has 0 aliphatic rings. The van der Waals surface area contributed by atoms with E-state index in [0.717, 1.165) is 5.75 Å². The molecule has 0 aliphatic heterocycles. The normalized spacial score (nSPS) is 8.48. The zero-order valence-corrected chi connectivity index (χ0v) is 66.6. The second-order valence-corrected chi connectivity index (χ2v) is 40.8. The van der Waals surface area contributed by atoms with Gasteiger partial charge in [-0.05, 0) is 0 Å². The molecule has 0 aliphatic carbocycles. The smallest absolute Gasteiger partial charge is 0.0623 e. The Morgan fingerprint density at radius 2 is 0.453 bits per heavy atom. The van der Waals surface area contributed by atoms with Crippen LogP contribution in [-0.2, 0) is 3.07 Å². The van der Waals surface area contributed by atoms with E-state index < -0.39 is 40.3 Å². The molecule has 0 fully saturated rings. The van der Waals surface area contributed by atoms with E-state index in [4.69, 9.17) is 6.15 Å². The molecule has 0 spiro atoms. The molecule has 0 bridgehead atoms. The molecular weight excluding hydrogens is 1480 g/mol. The largest absolute Gasteiger partial charge is 0.412 e. The standard InChI is InChI=1S/C10H22.C6H6O.3C6H6.8C4H9.2C2H6.CH3O.7CH4.2H2O.4Sn/c1-3-5-7-9-10-8-6-4-2;7-6-4-2-1-3-5-6;3*1-2-4-6-5-3-1;8*1-3-4-2;3*1-2;;;;;;;;;;;;;/h3-10H2,1-2H3;1-5,7H;3*1-6H;8*1,3-4H2,2H3;2*1-2H3;1H3;7*1H4;2*1H2;;;;/q;;;;;;;;;;;;;;;-1;;;;;;;;;;;;2*+1/p-1. The summed E-state index contributed by atoms with van der Waals surface area (Å²) in [6.45, 7) is 30.8. The van der Waals surface area contributed by atoms with E-state index in [2.05, 4.69) is 93.5 Å². The molecule has 0 unspecified atom stereocenters. The third kappa shape index (κ3) is 129. The maximum absolute atomic E-state index is 6.22. The molecule has 4 nitrogen and oxygen atoms in total. The summed E-state index contributed by atoms with van der Waals surface area (Å²) in [6.07, 6.45) is 33.9. The van der Waals surface area contributed by atoms with Gasteiger partial charge in [-0.25, -0.2) is 0 Å². The van der Waals surface area contributed by atoms with Gasteiger partial charge in [0, 0.05) is 0 Å². The van der Waals surface area contributed by atoms with Crippen molar-refractivity contribution >= 4 is 82.6 Å². The number of unbranched alkanes of at least 4 members (excludes halogenated alkanes) is 15. The third-order valence-electron chi connectivity index (χ3n) is 11.3. The summed E-state index contributed by atoms with van der Waals surface area (Å²) in [5.41, 5.74) is 0. The van der Waals surface area contributed by atoms with Gasteiger partial charge in [-0.15, -0.1) is 0 Å². The molecule has 4 N–H and O–H groups in total. The van der Waals surface area contributed by atoms with Gasteiger partial charge in [0.25, 0.3) is 0 Å². The average Bonchev–Trinajstić information content (AvgIpc) is 3.50. The summed E-state index contributed by atoms with van der Waals surface area (Å²) >= 11 is -2.56. The Kier molecular flexibility index (Phi) is 185. The van der Waals surface area contributed by atoms with E-state index >= 15 is 0 Å². The van der Waals surface area contributed by atoms with Crippen molar-refractivity contribution in [1.29, 1.82) is 0 Å². The first-order valence-electron chi connectivity index (χ1n) is 32.3. The Bertz CT molecular complexity index is 1190. The van der Waals surface area contributed by atoms with Crippen molar-refractivity contribution in [3.8, 4) is 5.75 Å². The maximum atomic E-state index is 6.22. The van der Waals surface area contributed by atoms with Gasteiger partial charge < -0.3 is 11.0 Å². The van der Waals surface area contributed by atoms with Gasteiger partial charge in [0.1, 0.15) is 0 Å². The Hall–Kier alpha value is -0.245. The predicted octanol–water partition coefficient (Wildman–Crippen LogP) is 28.2. The van der Waals surface area contributed by atoms with Crippen molar-refractivity contribution in [2.45, 2.75) is 339 Å². The van der Waals surface area contributed by atoms with Gasteiger partial charge in [-0.2, -0.15) is 0 Å². The van der Waals surface area contributed by atoms with Crippen LogP contribution >= 0.6 is 0 Å². The fourth-order valence-electron chi connectivity index (χ4n) is 6.53. The molecule has 4 aromatic carbocycles. The van der Waals surface area contributed by atoms with E-state index in [1.807, 2.05) is 150 Å². The first-order valence-corrected chi connectivity index (χ1v) is 50.8. The molecule has 0 aromatic heterocycles. The van der Waals surface area contributed by atoms with Gasteiger partial charge >= 0.3 is 326 Å². The Morgan fingerprint density at radius 1 is 0.267 bits per heavy atom. The molecule has 0 saturated carbocycles. The van der Waals surface area contributed by atoms with Gasteiger partial charge in [-0.1, -0.05) is 254 Å². The van der Waals surface area contributed by atoms with Crippen LogP contribution in [0.15, 0.2) is 140 Å². The predicted molar refractivity (Wildman–Crippen MR) is 419 cm³/mol. The van der Waals surface area contributed by atoms with Crippen LogP contribution < -0.4 is 3.07 Å². The second kappa shape index (κ2) is 130. The molecule has 8 heteroatoms. The Balaban J connectivity index is -0.0000000512. The van der Waals surface area contributed by atoms with E-state index in [0.29, 0.717) is 0 Å². The number of rotatable bonds is 34. The van der Waals surface area contributed by atoms with Crippen molar-refractivity contribution in [2.75, 3.05) is 7.11 Å². The molecule has 86 heavy (non-hydrogen) atoms. The molecule has 0 saturated heterocycles. The summed E-state index contributed by atoms with van der Waals surface area (Å²) in [7, 11) is 1.92. The molecule has 4 rings (SSSR count). The van der Waals surface area contributed by atoms with Crippen LogP contribution in [0.5, 0.6) is 5.75 Å². The van der Waals surface area contributed by atoms with Crippen LogP contribution in [0.1, 0.15) is 303 Å². The van der Waals surface area contributed by atoms with Gasteiger partial charge in [0.2, 0.25) is 0 Å².